The van der Waals surface area contributed by atoms with Gasteiger partial charge in [-0.2, -0.15) is 0 Å². The highest BCUT2D eigenvalue weighted by Gasteiger charge is 2.52. The van der Waals surface area contributed by atoms with E-state index in [4.69, 9.17) is 4.74 Å². The second-order valence-corrected chi connectivity index (χ2v) is 8.58. The molecule has 4 atom stereocenters. The van der Waals surface area contributed by atoms with Gasteiger partial charge >= 0.3 is 5.97 Å². The number of esters is 1. The summed E-state index contributed by atoms with van der Waals surface area (Å²) in [4.78, 5) is 12.5. The first-order valence-corrected chi connectivity index (χ1v) is 9.81. The second-order valence-electron chi connectivity index (χ2n) is 8.58. The molecule has 140 valence electrons. The minimum absolute atomic E-state index is 0.0490. The Morgan fingerprint density at radius 1 is 1.31 bits per heavy atom. The van der Waals surface area contributed by atoms with Gasteiger partial charge in [-0.25, -0.2) is 4.39 Å². The Morgan fingerprint density at radius 2 is 2.08 bits per heavy atom. The fourth-order valence-corrected chi connectivity index (χ4v) is 5.32. The van der Waals surface area contributed by atoms with E-state index in [1.54, 1.807) is 17.7 Å². The number of hydrogen-bond acceptors (Lipinski definition) is 3. The molecule has 1 aromatic carbocycles. The highest BCUT2D eigenvalue weighted by molar-refractivity contribution is 5.76. The number of hydrogen-bond donors (Lipinski definition) is 1. The first-order chi connectivity index (χ1) is 12.5. The van der Waals surface area contributed by atoms with E-state index in [9.17, 15) is 9.18 Å². The van der Waals surface area contributed by atoms with Crippen LogP contribution in [-0.2, 0) is 16.1 Å². The van der Waals surface area contributed by atoms with Gasteiger partial charge in [0.2, 0.25) is 0 Å². The molecule has 0 radical (unpaired) electrons. The fraction of sp³-hybridized carbons (Fsp3) is 0.591. The van der Waals surface area contributed by atoms with Gasteiger partial charge in [-0.1, -0.05) is 30.2 Å². The highest BCUT2D eigenvalue weighted by Crippen LogP contribution is 2.54. The zero-order valence-corrected chi connectivity index (χ0v) is 15.7. The summed E-state index contributed by atoms with van der Waals surface area (Å²) in [6.45, 7) is 5.89. The minimum atomic E-state index is -0.225. The maximum absolute atomic E-state index is 13.0. The molecule has 1 aromatic rings. The molecule has 0 amide bonds. The molecule has 2 aliphatic carbocycles. The third-order valence-electron chi connectivity index (χ3n) is 6.79. The second kappa shape index (κ2) is 6.80. The molecule has 1 heterocycles. The van der Waals surface area contributed by atoms with Gasteiger partial charge in [-0.15, -0.1) is 0 Å². The standard InChI is InChI=1S/C22H28FNO2/c1-14-4-3-9-22(2)11-20-17(10-19(14)22)18(21(25)26-20)13-24-12-15-5-7-16(23)8-6-15/h5-8,17-18,20,24H,3-4,9-13H2,1-2H3/t17-,18+,20+,22+/m0/s1. The number of fused-ring (bicyclic) bond motifs is 2. The number of ether oxygens (including phenoxy) is 1. The summed E-state index contributed by atoms with van der Waals surface area (Å²) in [5.74, 6) is -0.0592. The molecule has 0 unspecified atom stereocenters. The lowest BCUT2D eigenvalue weighted by Gasteiger charge is -2.45. The predicted octanol–water partition coefficient (Wildman–Crippen LogP) is 4.37. The summed E-state index contributed by atoms with van der Waals surface area (Å²) in [5, 5.41) is 3.38. The molecule has 4 rings (SSSR count). The van der Waals surface area contributed by atoms with Crippen molar-refractivity contribution in [3.63, 3.8) is 0 Å². The maximum atomic E-state index is 13.0. The summed E-state index contributed by atoms with van der Waals surface area (Å²) >= 11 is 0. The number of carbonyl (C=O) groups excluding carboxylic acids is 1. The van der Waals surface area contributed by atoms with Crippen molar-refractivity contribution in [3.05, 3.63) is 46.8 Å². The van der Waals surface area contributed by atoms with Crippen LogP contribution < -0.4 is 5.32 Å². The highest BCUT2D eigenvalue weighted by atomic mass is 19.1. The third kappa shape index (κ3) is 3.20. The normalized spacial score (nSPS) is 33.7. The number of benzene rings is 1. The zero-order chi connectivity index (χ0) is 18.3. The average molecular weight is 357 g/mol. The van der Waals surface area contributed by atoms with Crippen molar-refractivity contribution >= 4 is 5.97 Å². The van der Waals surface area contributed by atoms with Gasteiger partial charge in [-0.3, -0.25) is 4.79 Å². The zero-order valence-electron chi connectivity index (χ0n) is 15.7. The molecule has 1 saturated carbocycles. The Morgan fingerprint density at radius 3 is 2.85 bits per heavy atom. The Hall–Kier alpha value is -1.68. The van der Waals surface area contributed by atoms with Gasteiger partial charge in [0.05, 0.1) is 5.92 Å². The van der Waals surface area contributed by atoms with E-state index in [-0.39, 0.29) is 29.2 Å². The molecule has 4 heteroatoms. The van der Waals surface area contributed by atoms with Gasteiger partial charge in [0.1, 0.15) is 11.9 Å². The Bertz CT molecular complexity index is 726. The van der Waals surface area contributed by atoms with Crippen LogP contribution in [0.1, 0.15) is 51.5 Å². The van der Waals surface area contributed by atoms with Crippen LogP contribution in [0.5, 0.6) is 0 Å². The predicted molar refractivity (Wildman–Crippen MR) is 98.9 cm³/mol. The molecule has 1 saturated heterocycles. The van der Waals surface area contributed by atoms with E-state index in [2.05, 4.69) is 19.2 Å². The lowest BCUT2D eigenvalue weighted by Crippen LogP contribution is -2.40. The quantitative estimate of drug-likeness (QED) is 0.642. The monoisotopic (exact) mass is 357 g/mol. The van der Waals surface area contributed by atoms with E-state index < -0.39 is 0 Å². The molecule has 3 nitrogen and oxygen atoms in total. The number of halogens is 1. The maximum Gasteiger partial charge on any atom is 0.310 e. The van der Waals surface area contributed by atoms with Crippen molar-refractivity contribution < 1.29 is 13.9 Å². The summed E-state index contributed by atoms with van der Waals surface area (Å²) in [6.07, 6.45) is 5.71. The summed E-state index contributed by atoms with van der Waals surface area (Å²) in [5.41, 5.74) is 4.37. The van der Waals surface area contributed by atoms with Crippen LogP contribution in [0.4, 0.5) is 4.39 Å². The van der Waals surface area contributed by atoms with Crippen molar-refractivity contribution in [2.75, 3.05) is 6.54 Å². The molecule has 0 aromatic heterocycles. The smallest absolute Gasteiger partial charge is 0.310 e. The van der Waals surface area contributed by atoms with Crippen LogP contribution in [0.25, 0.3) is 0 Å². The molecule has 0 bridgehead atoms. The van der Waals surface area contributed by atoms with Gasteiger partial charge in [0.15, 0.2) is 0 Å². The van der Waals surface area contributed by atoms with Crippen LogP contribution >= 0.6 is 0 Å². The van der Waals surface area contributed by atoms with Gasteiger partial charge in [0, 0.05) is 19.0 Å². The largest absolute Gasteiger partial charge is 0.462 e. The Balaban J connectivity index is 1.43. The third-order valence-corrected chi connectivity index (χ3v) is 6.79. The van der Waals surface area contributed by atoms with Crippen molar-refractivity contribution in [2.24, 2.45) is 17.3 Å². The molecule has 0 spiro atoms. The van der Waals surface area contributed by atoms with E-state index in [1.165, 1.54) is 37.0 Å². The molecule has 3 aliphatic rings. The first-order valence-electron chi connectivity index (χ1n) is 9.81. The molecule has 1 N–H and O–H groups in total. The lowest BCUT2D eigenvalue weighted by atomic mass is 9.59. The molecule has 2 fully saturated rings. The number of nitrogens with one attached hydrogen (secondary N) is 1. The van der Waals surface area contributed by atoms with Crippen molar-refractivity contribution in [1.29, 1.82) is 0 Å². The number of rotatable bonds is 4. The number of allylic oxidation sites excluding steroid dienone is 2. The summed E-state index contributed by atoms with van der Waals surface area (Å²) in [7, 11) is 0. The average Bonchev–Trinajstić information content (AvgIpc) is 2.89. The minimum Gasteiger partial charge on any atom is -0.462 e. The van der Waals surface area contributed by atoms with Crippen LogP contribution in [0, 0.1) is 23.1 Å². The first kappa shape index (κ1) is 17.7. The van der Waals surface area contributed by atoms with Crippen molar-refractivity contribution in [2.45, 2.75) is 58.6 Å². The van der Waals surface area contributed by atoms with Gasteiger partial charge < -0.3 is 10.1 Å². The van der Waals surface area contributed by atoms with E-state index >= 15 is 0 Å². The Labute approximate surface area is 155 Å². The van der Waals surface area contributed by atoms with Crippen LogP contribution in [-0.4, -0.2) is 18.6 Å². The summed E-state index contributed by atoms with van der Waals surface area (Å²) in [6, 6.07) is 6.50. The lowest BCUT2D eigenvalue weighted by molar-refractivity contribution is -0.145. The van der Waals surface area contributed by atoms with Crippen LogP contribution in [0.2, 0.25) is 0 Å². The molecule has 1 aliphatic heterocycles. The summed E-state index contributed by atoms with van der Waals surface area (Å²) < 4.78 is 18.8. The van der Waals surface area contributed by atoms with E-state index in [0.717, 1.165) is 18.4 Å². The van der Waals surface area contributed by atoms with Crippen LogP contribution in [0.3, 0.4) is 0 Å². The number of carbonyl (C=O) groups is 1. The van der Waals surface area contributed by atoms with E-state index in [1.807, 2.05) is 0 Å². The molecular formula is C22H28FNO2. The Kier molecular flexibility index (Phi) is 4.64. The molecule has 26 heavy (non-hydrogen) atoms. The van der Waals surface area contributed by atoms with Crippen LogP contribution in [0.15, 0.2) is 35.4 Å². The van der Waals surface area contributed by atoms with Crippen molar-refractivity contribution in [1.82, 2.24) is 5.32 Å². The van der Waals surface area contributed by atoms with Gasteiger partial charge in [0.25, 0.3) is 0 Å². The fourth-order valence-electron chi connectivity index (χ4n) is 5.32. The van der Waals surface area contributed by atoms with Gasteiger partial charge in [-0.05, 0) is 62.1 Å². The molecular weight excluding hydrogens is 329 g/mol. The topological polar surface area (TPSA) is 38.3 Å². The van der Waals surface area contributed by atoms with E-state index in [0.29, 0.717) is 19.0 Å². The SMILES string of the molecule is CC1=C2C[C@@H]3[C@@H](C[C@@]2(C)CCC1)OC(=O)[C@@H]3CNCc1ccc(F)cc1. The van der Waals surface area contributed by atoms with Crippen molar-refractivity contribution in [3.8, 4) is 0 Å².